The first-order chi connectivity index (χ1) is 15.3. The molecule has 0 spiro atoms. The molecule has 2 aromatic heterocycles. The summed E-state index contributed by atoms with van der Waals surface area (Å²) in [7, 11) is -1.48. The third-order valence-electron chi connectivity index (χ3n) is 4.92. The van der Waals surface area contributed by atoms with Crippen molar-refractivity contribution in [2.75, 3.05) is 23.9 Å². The molecule has 0 aliphatic rings. The number of nitrogens with two attached hydrogens (primary N) is 1. The van der Waals surface area contributed by atoms with Crippen molar-refractivity contribution in [3.8, 4) is 0 Å². The largest absolute Gasteiger partial charge is 0.365 e. The number of H-pyrrole nitrogens is 1. The molecule has 2 heterocycles. The number of pyridine rings is 1. The van der Waals surface area contributed by atoms with E-state index < -0.39 is 16.4 Å². The van der Waals surface area contributed by atoms with Gasteiger partial charge >= 0.3 is 0 Å². The zero-order chi connectivity index (χ0) is 23.1. The Hall–Kier alpha value is -3.53. The molecule has 0 aliphatic carbocycles. The van der Waals surface area contributed by atoms with E-state index in [-0.39, 0.29) is 29.8 Å². The van der Waals surface area contributed by atoms with Crippen molar-refractivity contribution >= 4 is 28.3 Å². The predicted molar refractivity (Wildman–Crippen MR) is 123 cm³/mol. The van der Waals surface area contributed by atoms with Crippen LogP contribution in [-0.4, -0.2) is 32.5 Å². The van der Waals surface area contributed by atoms with Gasteiger partial charge in [0.2, 0.25) is 5.91 Å². The minimum Gasteiger partial charge on any atom is -0.365 e. The molecule has 0 unspecified atom stereocenters. The summed E-state index contributed by atoms with van der Waals surface area (Å²) >= 11 is 0. The quantitative estimate of drug-likeness (QED) is 0.434. The summed E-state index contributed by atoms with van der Waals surface area (Å²) in [5.74, 6) is 0.270. The maximum atomic E-state index is 12.9. The minimum absolute atomic E-state index is 0.118. The van der Waals surface area contributed by atoms with E-state index in [1.165, 1.54) is 17.0 Å². The van der Waals surface area contributed by atoms with E-state index in [1.54, 1.807) is 6.07 Å². The number of nitrogens with zero attached hydrogens (tertiary/aromatic N) is 2. The Morgan fingerprint density at radius 1 is 1.22 bits per heavy atom. The molecule has 0 radical (unpaired) electrons. The number of aromatic nitrogens is 3. The Morgan fingerprint density at radius 3 is 2.66 bits per heavy atom. The molecule has 0 bridgehead atoms. The van der Waals surface area contributed by atoms with E-state index in [2.05, 4.69) is 20.6 Å². The molecule has 9 nitrogen and oxygen atoms in total. The van der Waals surface area contributed by atoms with Gasteiger partial charge in [-0.3, -0.25) is 24.1 Å². The van der Waals surface area contributed by atoms with Crippen molar-refractivity contribution in [3.63, 3.8) is 0 Å². The Labute approximate surface area is 188 Å². The molecule has 1 amide bonds. The fraction of sp³-hybridized carbons (Fsp3) is 0.273. The number of aromatic amines is 1. The van der Waals surface area contributed by atoms with Gasteiger partial charge in [0.15, 0.2) is 5.82 Å². The van der Waals surface area contributed by atoms with Gasteiger partial charge in [0, 0.05) is 31.0 Å². The summed E-state index contributed by atoms with van der Waals surface area (Å²) in [6, 6.07) is 13.4. The summed E-state index contributed by atoms with van der Waals surface area (Å²) in [5.41, 5.74) is 8.06. The average molecular weight is 456 g/mol. The molecule has 0 aliphatic heterocycles. The number of hydrogen-bond acceptors (Lipinski definition) is 6. The van der Waals surface area contributed by atoms with E-state index in [0.717, 1.165) is 16.8 Å². The van der Waals surface area contributed by atoms with E-state index in [0.29, 0.717) is 18.8 Å². The molecule has 1 atom stereocenters. The Kier molecular flexibility index (Phi) is 7.72. The Bertz CT molecular complexity index is 1180. The number of hydrogen-bond donors (Lipinski definition) is 3. The van der Waals surface area contributed by atoms with Gasteiger partial charge in [0.1, 0.15) is 17.3 Å². The van der Waals surface area contributed by atoms with Crippen LogP contribution in [0.5, 0.6) is 0 Å². The van der Waals surface area contributed by atoms with Crippen LogP contribution in [0, 0.1) is 6.92 Å². The molecule has 32 heavy (non-hydrogen) atoms. The number of carbonyl (C=O) groups excluding carboxylic acids is 1. The average Bonchev–Trinajstić information content (AvgIpc) is 2.76. The highest BCUT2D eigenvalue weighted by Gasteiger charge is 2.16. The number of aryl methyl sites for hydroxylation is 1. The first-order valence-corrected chi connectivity index (χ1v) is 11.7. The van der Waals surface area contributed by atoms with Gasteiger partial charge in [-0.05, 0) is 25.0 Å². The monoisotopic (exact) mass is 455 g/mol. The topological polar surface area (TPSA) is 133 Å². The maximum Gasteiger partial charge on any atom is 0.294 e. The van der Waals surface area contributed by atoms with Gasteiger partial charge in [-0.1, -0.05) is 30.3 Å². The summed E-state index contributed by atoms with van der Waals surface area (Å²) in [6.07, 6.45) is 3.53. The lowest BCUT2D eigenvalue weighted by Crippen LogP contribution is -2.35. The first-order valence-electron chi connectivity index (χ1n) is 10.1. The van der Waals surface area contributed by atoms with Gasteiger partial charge in [0.05, 0.1) is 17.0 Å². The SMILES string of the molecule is Cc1[nH+]c(N)ccc1CNC(=O)Cn1c([S@@](C)=O)cnc(NCCc2ccccc2)c1=O. The van der Waals surface area contributed by atoms with Crippen LogP contribution < -0.4 is 26.9 Å². The van der Waals surface area contributed by atoms with Crippen LogP contribution in [0.4, 0.5) is 11.6 Å². The van der Waals surface area contributed by atoms with Crippen LogP contribution >= 0.6 is 0 Å². The fourth-order valence-electron chi connectivity index (χ4n) is 3.18. The molecule has 5 N–H and O–H groups in total. The zero-order valence-electron chi connectivity index (χ0n) is 18.1. The third-order valence-corrected chi connectivity index (χ3v) is 5.83. The number of nitrogen functional groups attached to an aromatic ring is 1. The first kappa shape index (κ1) is 23.1. The second-order valence-corrected chi connectivity index (χ2v) is 8.62. The number of amides is 1. The van der Waals surface area contributed by atoms with Crippen LogP contribution in [0.1, 0.15) is 16.8 Å². The highest BCUT2D eigenvalue weighted by Crippen LogP contribution is 2.07. The summed E-state index contributed by atoms with van der Waals surface area (Å²) in [6.45, 7) is 2.37. The summed E-state index contributed by atoms with van der Waals surface area (Å²) in [4.78, 5) is 32.6. The van der Waals surface area contributed by atoms with Crippen molar-refractivity contribution in [1.29, 1.82) is 0 Å². The molecule has 10 heteroatoms. The number of carbonyl (C=O) groups is 1. The third kappa shape index (κ3) is 6.01. The van der Waals surface area contributed by atoms with Crippen LogP contribution in [0.3, 0.4) is 0 Å². The number of rotatable bonds is 9. The van der Waals surface area contributed by atoms with Gasteiger partial charge < -0.3 is 10.6 Å². The van der Waals surface area contributed by atoms with Crippen molar-refractivity contribution in [2.45, 2.75) is 31.5 Å². The van der Waals surface area contributed by atoms with E-state index in [1.807, 2.05) is 43.3 Å². The lowest BCUT2D eigenvalue weighted by molar-refractivity contribution is -0.371. The molecule has 0 saturated carbocycles. The molecule has 3 aromatic rings. The Balaban J connectivity index is 1.70. The fourth-order valence-corrected chi connectivity index (χ4v) is 3.84. The predicted octanol–water partition coefficient (Wildman–Crippen LogP) is 0.656. The van der Waals surface area contributed by atoms with Gasteiger partial charge in [-0.2, -0.15) is 0 Å². The molecule has 3 rings (SSSR count). The second-order valence-electron chi connectivity index (χ2n) is 7.29. The molecule has 1 aromatic carbocycles. The molecule has 168 valence electrons. The van der Waals surface area contributed by atoms with Crippen LogP contribution in [-0.2, 0) is 35.1 Å². The van der Waals surface area contributed by atoms with Crippen LogP contribution in [0.25, 0.3) is 0 Å². The van der Waals surface area contributed by atoms with Gasteiger partial charge in [-0.25, -0.2) is 9.97 Å². The number of nitrogens with one attached hydrogen (secondary N) is 3. The van der Waals surface area contributed by atoms with Crippen molar-refractivity contribution in [2.24, 2.45) is 0 Å². The lowest BCUT2D eigenvalue weighted by atomic mass is 10.1. The summed E-state index contributed by atoms with van der Waals surface area (Å²) in [5, 5.41) is 6.00. The molecular weight excluding hydrogens is 428 g/mol. The van der Waals surface area contributed by atoms with E-state index >= 15 is 0 Å². The number of benzene rings is 1. The maximum absolute atomic E-state index is 12.9. The van der Waals surface area contributed by atoms with Crippen molar-refractivity contribution < 1.29 is 14.0 Å². The molecule has 0 saturated heterocycles. The standard InChI is InChI=1S/C22H26N6O3S/c1-15-17(8-9-18(23)27-15)12-25-19(29)14-28-20(32(2)31)13-26-21(22(28)30)24-11-10-16-6-4-3-5-7-16/h3-9,13H,10-12,14H2,1-2H3,(H2,23,27)(H,24,26)(H,25,29)/p+1/t32-/m1/s1. The van der Waals surface area contributed by atoms with E-state index in [4.69, 9.17) is 5.73 Å². The summed E-state index contributed by atoms with van der Waals surface area (Å²) < 4.78 is 13.3. The van der Waals surface area contributed by atoms with Crippen LogP contribution in [0.2, 0.25) is 0 Å². The smallest absolute Gasteiger partial charge is 0.294 e. The van der Waals surface area contributed by atoms with Crippen molar-refractivity contribution in [1.82, 2.24) is 14.9 Å². The van der Waals surface area contributed by atoms with Gasteiger partial charge in [-0.15, -0.1) is 0 Å². The lowest BCUT2D eigenvalue weighted by Gasteiger charge is -2.13. The molecule has 0 fully saturated rings. The Morgan fingerprint density at radius 2 is 1.97 bits per heavy atom. The number of anilines is 2. The zero-order valence-corrected chi connectivity index (χ0v) is 18.9. The van der Waals surface area contributed by atoms with E-state index in [9.17, 15) is 13.8 Å². The highest BCUT2D eigenvalue weighted by molar-refractivity contribution is 7.84. The van der Waals surface area contributed by atoms with Gasteiger partial charge in [0.25, 0.3) is 11.4 Å². The van der Waals surface area contributed by atoms with Crippen LogP contribution in [0.15, 0.2) is 58.5 Å². The second kappa shape index (κ2) is 10.7. The molecular formula is C22H27N6O3S+. The highest BCUT2D eigenvalue weighted by atomic mass is 32.2. The van der Waals surface area contributed by atoms with Crippen molar-refractivity contribution in [3.05, 3.63) is 75.8 Å². The normalized spacial score (nSPS) is 11.7. The minimum atomic E-state index is -1.48.